The SMILES string of the molecule is CC(=O)NCCOc1cc(C(=N)N)ccc1CNC(=O)c1ccc(F)c(C)c1. The number of hydrogen-bond acceptors (Lipinski definition) is 4. The highest BCUT2D eigenvalue weighted by Crippen LogP contribution is 2.21. The Labute approximate surface area is 162 Å². The number of carbonyl (C=O) groups excluding carboxylic acids is 2. The number of benzene rings is 2. The lowest BCUT2D eigenvalue weighted by Gasteiger charge is -2.14. The minimum Gasteiger partial charge on any atom is -0.491 e. The van der Waals surface area contributed by atoms with E-state index in [4.69, 9.17) is 15.9 Å². The fraction of sp³-hybridized carbons (Fsp3) is 0.250. The fourth-order valence-electron chi connectivity index (χ4n) is 2.45. The van der Waals surface area contributed by atoms with Crippen molar-refractivity contribution < 1.29 is 18.7 Å². The van der Waals surface area contributed by atoms with Crippen molar-refractivity contribution in [2.75, 3.05) is 13.2 Å². The van der Waals surface area contributed by atoms with E-state index >= 15 is 0 Å². The normalized spacial score (nSPS) is 10.2. The molecule has 0 spiro atoms. The van der Waals surface area contributed by atoms with E-state index in [0.717, 1.165) is 0 Å². The molecule has 7 nitrogen and oxygen atoms in total. The number of aryl methyl sites for hydroxylation is 1. The predicted molar refractivity (Wildman–Crippen MR) is 104 cm³/mol. The summed E-state index contributed by atoms with van der Waals surface area (Å²) in [5.41, 5.74) is 7.43. The van der Waals surface area contributed by atoms with Crippen LogP contribution in [0.5, 0.6) is 5.75 Å². The summed E-state index contributed by atoms with van der Waals surface area (Å²) in [7, 11) is 0. The molecule has 0 aromatic heterocycles. The standard InChI is InChI=1S/C20H23FN4O3/c1-12-9-15(5-6-17(12)21)20(27)25-11-16-4-3-14(19(22)23)10-18(16)28-8-7-24-13(2)26/h3-6,9-10H,7-8,11H2,1-2H3,(H3,22,23)(H,24,26)(H,25,27). The summed E-state index contributed by atoms with van der Waals surface area (Å²) in [5, 5.41) is 12.9. The van der Waals surface area contributed by atoms with Crippen molar-refractivity contribution in [3.63, 3.8) is 0 Å². The van der Waals surface area contributed by atoms with Gasteiger partial charge in [0.2, 0.25) is 5.91 Å². The monoisotopic (exact) mass is 386 g/mol. The molecule has 28 heavy (non-hydrogen) atoms. The molecule has 2 aromatic carbocycles. The molecule has 0 aliphatic heterocycles. The van der Waals surface area contributed by atoms with Crippen LogP contribution in [0, 0.1) is 18.2 Å². The first-order chi connectivity index (χ1) is 13.3. The third kappa shape index (κ3) is 5.80. The van der Waals surface area contributed by atoms with Gasteiger partial charge >= 0.3 is 0 Å². The van der Waals surface area contributed by atoms with Gasteiger partial charge in [-0.2, -0.15) is 0 Å². The van der Waals surface area contributed by atoms with Crippen LogP contribution in [0.15, 0.2) is 36.4 Å². The molecule has 0 unspecified atom stereocenters. The molecule has 0 radical (unpaired) electrons. The van der Waals surface area contributed by atoms with Crippen LogP contribution < -0.4 is 21.1 Å². The maximum absolute atomic E-state index is 13.4. The summed E-state index contributed by atoms with van der Waals surface area (Å²) in [5.74, 6) is -0.532. The van der Waals surface area contributed by atoms with Crippen molar-refractivity contribution in [1.29, 1.82) is 5.41 Å². The first-order valence-electron chi connectivity index (χ1n) is 8.67. The first-order valence-corrected chi connectivity index (χ1v) is 8.67. The second kappa shape index (κ2) is 9.50. The number of rotatable bonds is 8. The molecule has 0 saturated carbocycles. The molecule has 0 fully saturated rings. The van der Waals surface area contributed by atoms with Gasteiger partial charge in [0.05, 0.1) is 6.54 Å². The molecule has 148 valence electrons. The zero-order valence-corrected chi connectivity index (χ0v) is 15.8. The van der Waals surface area contributed by atoms with E-state index in [0.29, 0.717) is 34.5 Å². The van der Waals surface area contributed by atoms with Crippen molar-refractivity contribution in [3.05, 3.63) is 64.5 Å². The molecule has 2 amide bonds. The van der Waals surface area contributed by atoms with Gasteiger partial charge < -0.3 is 21.1 Å². The van der Waals surface area contributed by atoms with E-state index < -0.39 is 0 Å². The van der Waals surface area contributed by atoms with Crippen LogP contribution >= 0.6 is 0 Å². The second-order valence-electron chi connectivity index (χ2n) is 6.21. The lowest BCUT2D eigenvalue weighted by Crippen LogP contribution is -2.26. The fourth-order valence-corrected chi connectivity index (χ4v) is 2.45. The van der Waals surface area contributed by atoms with Gasteiger partial charge in [0.1, 0.15) is 24.0 Å². The maximum atomic E-state index is 13.4. The van der Waals surface area contributed by atoms with Gasteiger partial charge in [-0.15, -0.1) is 0 Å². The topological polar surface area (TPSA) is 117 Å². The van der Waals surface area contributed by atoms with Gasteiger partial charge in [-0.05, 0) is 36.8 Å². The highest BCUT2D eigenvalue weighted by Gasteiger charge is 2.11. The largest absolute Gasteiger partial charge is 0.491 e. The number of carbonyl (C=O) groups is 2. The molecule has 0 saturated heterocycles. The van der Waals surface area contributed by atoms with E-state index in [9.17, 15) is 14.0 Å². The van der Waals surface area contributed by atoms with Crippen molar-refractivity contribution in [2.45, 2.75) is 20.4 Å². The third-order valence-corrected chi connectivity index (χ3v) is 3.97. The molecular weight excluding hydrogens is 363 g/mol. The van der Waals surface area contributed by atoms with Crippen molar-refractivity contribution in [1.82, 2.24) is 10.6 Å². The number of nitrogen functional groups attached to an aromatic ring is 1. The summed E-state index contributed by atoms with van der Waals surface area (Å²) in [4.78, 5) is 23.3. The Kier molecular flexibility index (Phi) is 7.08. The molecule has 8 heteroatoms. The molecule has 0 bridgehead atoms. The Morgan fingerprint density at radius 3 is 2.50 bits per heavy atom. The Balaban J connectivity index is 2.09. The van der Waals surface area contributed by atoms with E-state index in [2.05, 4.69) is 10.6 Å². The average Bonchev–Trinajstić information content (AvgIpc) is 2.65. The van der Waals surface area contributed by atoms with Crippen LogP contribution in [0.2, 0.25) is 0 Å². The molecule has 0 atom stereocenters. The van der Waals surface area contributed by atoms with Gasteiger partial charge in [-0.1, -0.05) is 12.1 Å². The average molecular weight is 386 g/mol. The van der Waals surface area contributed by atoms with E-state index in [-0.39, 0.29) is 36.6 Å². The van der Waals surface area contributed by atoms with Crippen LogP contribution in [-0.4, -0.2) is 30.8 Å². The van der Waals surface area contributed by atoms with E-state index in [1.807, 2.05) is 0 Å². The molecule has 0 aliphatic rings. The minimum absolute atomic E-state index is 0.107. The van der Waals surface area contributed by atoms with Crippen LogP contribution in [0.4, 0.5) is 4.39 Å². The van der Waals surface area contributed by atoms with Gasteiger partial charge in [-0.25, -0.2) is 4.39 Å². The first kappa shape index (κ1) is 20.9. The lowest BCUT2D eigenvalue weighted by molar-refractivity contribution is -0.119. The van der Waals surface area contributed by atoms with E-state index in [1.54, 1.807) is 25.1 Å². The predicted octanol–water partition coefficient (Wildman–Crippen LogP) is 1.86. The zero-order chi connectivity index (χ0) is 20.7. The number of hydrogen-bond donors (Lipinski definition) is 4. The highest BCUT2D eigenvalue weighted by atomic mass is 19.1. The highest BCUT2D eigenvalue weighted by molar-refractivity contribution is 5.96. The number of amides is 2. The molecule has 0 heterocycles. The molecule has 5 N–H and O–H groups in total. The van der Waals surface area contributed by atoms with Gasteiger partial charge in [0.15, 0.2) is 0 Å². The molecule has 0 aliphatic carbocycles. The number of ether oxygens (including phenoxy) is 1. The van der Waals surface area contributed by atoms with Crippen molar-refractivity contribution >= 4 is 17.6 Å². The number of nitrogens with two attached hydrogens (primary N) is 1. The summed E-state index contributed by atoms with van der Waals surface area (Å²) in [6.45, 7) is 3.71. The quantitative estimate of drug-likeness (QED) is 0.315. The molecule has 2 rings (SSSR count). The van der Waals surface area contributed by atoms with Crippen molar-refractivity contribution in [2.24, 2.45) is 5.73 Å². The smallest absolute Gasteiger partial charge is 0.251 e. The Morgan fingerprint density at radius 1 is 1.14 bits per heavy atom. The Bertz CT molecular complexity index is 899. The summed E-state index contributed by atoms with van der Waals surface area (Å²) >= 11 is 0. The number of amidine groups is 1. The van der Waals surface area contributed by atoms with Gasteiger partial charge in [-0.3, -0.25) is 15.0 Å². The molecule has 2 aromatic rings. The molecular formula is C20H23FN4O3. The summed E-state index contributed by atoms with van der Waals surface area (Å²) in [6, 6.07) is 9.13. The lowest BCUT2D eigenvalue weighted by atomic mass is 10.1. The van der Waals surface area contributed by atoms with Gasteiger partial charge in [0.25, 0.3) is 5.91 Å². The van der Waals surface area contributed by atoms with Crippen LogP contribution in [-0.2, 0) is 11.3 Å². The second-order valence-corrected chi connectivity index (χ2v) is 6.21. The minimum atomic E-state index is -0.369. The summed E-state index contributed by atoms with van der Waals surface area (Å²) < 4.78 is 19.0. The Morgan fingerprint density at radius 2 is 1.86 bits per heavy atom. The van der Waals surface area contributed by atoms with Crippen LogP contribution in [0.3, 0.4) is 0 Å². The Hall–Kier alpha value is -3.42. The van der Waals surface area contributed by atoms with Crippen LogP contribution in [0.25, 0.3) is 0 Å². The third-order valence-electron chi connectivity index (χ3n) is 3.97. The van der Waals surface area contributed by atoms with Crippen molar-refractivity contribution in [3.8, 4) is 5.75 Å². The van der Waals surface area contributed by atoms with E-state index in [1.165, 1.54) is 25.1 Å². The number of halogens is 1. The number of nitrogens with one attached hydrogen (secondary N) is 3. The zero-order valence-electron chi connectivity index (χ0n) is 15.8. The summed E-state index contributed by atoms with van der Waals surface area (Å²) in [6.07, 6.45) is 0. The van der Waals surface area contributed by atoms with Crippen LogP contribution in [0.1, 0.15) is 34.0 Å². The maximum Gasteiger partial charge on any atom is 0.251 e. The van der Waals surface area contributed by atoms with Gasteiger partial charge in [0, 0.05) is 30.2 Å².